The summed E-state index contributed by atoms with van der Waals surface area (Å²) in [5.41, 5.74) is 2.75. The molecule has 0 saturated heterocycles. The summed E-state index contributed by atoms with van der Waals surface area (Å²) in [6, 6.07) is 8.68. The normalized spacial score (nSPS) is 11.3. The van der Waals surface area contributed by atoms with Gasteiger partial charge in [0.15, 0.2) is 0 Å². The van der Waals surface area contributed by atoms with Crippen LogP contribution in [0, 0.1) is 17.4 Å². The van der Waals surface area contributed by atoms with Crippen molar-refractivity contribution in [3.05, 3.63) is 39.0 Å². The second kappa shape index (κ2) is 4.38. The van der Waals surface area contributed by atoms with Crippen molar-refractivity contribution in [3.63, 3.8) is 0 Å². The highest BCUT2D eigenvalue weighted by Crippen LogP contribution is 2.41. The zero-order chi connectivity index (χ0) is 12.9. The molecule has 0 N–H and O–H groups in total. The summed E-state index contributed by atoms with van der Waals surface area (Å²) in [6.45, 7) is 4.38. The van der Waals surface area contributed by atoms with Crippen LogP contribution in [0.4, 0.5) is 0 Å². The van der Waals surface area contributed by atoms with E-state index in [1.54, 1.807) is 7.11 Å². The fraction of sp³-hybridized carbons (Fsp3) is 0.200. The van der Waals surface area contributed by atoms with Crippen LogP contribution in [-0.4, -0.2) is 7.11 Å². The summed E-state index contributed by atoms with van der Waals surface area (Å²) in [4.78, 5) is 0. The second-order valence-corrected chi connectivity index (χ2v) is 6.54. The lowest BCUT2D eigenvalue weighted by Crippen LogP contribution is -1.85. The molecule has 0 atom stereocenters. The number of ether oxygens (including phenoxy) is 1. The van der Waals surface area contributed by atoms with Crippen LogP contribution in [0.15, 0.2) is 24.3 Å². The summed E-state index contributed by atoms with van der Waals surface area (Å²) in [5, 5.41) is 2.70. The largest absolute Gasteiger partial charge is 0.496 e. The molecule has 3 aromatic rings. The van der Waals surface area contributed by atoms with E-state index in [1.165, 1.54) is 34.9 Å². The van der Waals surface area contributed by atoms with E-state index in [-0.39, 0.29) is 0 Å². The molecule has 0 spiro atoms. The van der Waals surface area contributed by atoms with Gasteiger partial charge in [0.2, 0.25) is 0 Å². The van der Waals surface area contributed by atoms with Crippen LogP contribution in [0.1, 0.15) is 11.1 Å². The molecule has 0 amide bonds. The second-order valence-electron chi connectivity index (χ2n) is 4.44. The van der Waals surface area contributed by atoms with Gasteiger partial charge in [0, 0.05) is 15.5 Å². The third kappa shape index (κ3) is 1.64. The number of rotatable bonds is 1. The zero-order valence-corrected chi connectivity index (χ0v) is 13.5. The third-order valence-corrected chi connectivity index (χ3v) is 6.25. The van der Waals surface area contributed by atoms with Gasteiger partial charge in [-0.15, -0.1) is 11.3 Å². The highest BCUT2D eigenvalue weighted by Gasteiger charge is 2.13. The molecule has 0 aliphatic heterocycles. The number of halogens is 1. The molecule has 0 fully saturated rings. The predicted molar refractivity (Wildman–Crippen MR) is 88.1 cm³/mol. The first-order chi connectivity index (χ1) is 8.63. The Hall–Kier alpha value is -0.810. The van der Waals surface area contributed by atoms with E-state index >= 15 is 0 Å². The molecule has 1 aromatic heterocycles. The van der Waals surface area contributed by atoms with E-state index in [0.717, 1.165) is 5.75 Å². The van der Waals surface area contributed by atoms with Crippen LogP contribution in [0.3, 0.4) is 0 Å². The topological polar surface area (TPSA) is 9.23 Å². The maximum absolute atomic E-state index is 5.40. The number of aryl methyl sites for hydroxylation is 2. The van der Waals surface area contributed by atoms with Crippen molar-refractivity contribution in [2.45, 2.75) is 13.8 Å². The Morgan fingerprint density at radius 3 is 2.39 bits per heavy atom. The fourth-order valence-electron chi connectivity index (χ4n) is 2.24. The minimum atomic E-state index is 0.962. The summed E-state index contributed by atoms with van der Waals surface area (Å²) in [7, 11) is 1.73. The van der Waals surface area contributed by atoms with Gasteiger partial charge >= 0.3 is 0 Å². The fourth-order valence-corrected chi connectivity index (χ4v) is 4.55. The van der Waals surface area contributed by atoms with Gasteiger partial charge < -0.3 is 4.74 Å². The molecule has 1 nitrogen and oxygen atoms in total. The van der Waals surface area contributed by atoms with Gasteiger partial charge in [-0.1, -0.05) is 12.1 Å². The first-order valence-corrected chi connectivity index (χ1v) is 7.68. The van der Waals surface area contributed by atoms with Crippen molar-refractivity contribution in [3.8, 4) is 5.75 Å². The SMILES string of the molecule is COc1ccc2c(sc3c(C)c(C)ccc32)c1I. The average molecular weight is 368 g/mol. The maximum atomic E-state index is 5.40. The monoisotopic (exact) mass is 368 g/mol. The van der Waals surface area contributed by atoms with Crippen molar-refractivity contribution in [1.29, 1.82) is 0 Å². The Bertz CT molecular complexity index is 758. The Balaban J connectivity index is 2.50. The molecule has 92 valence electrons. The smallest absolute Gasteiger partial charge is 0.133 e. The van der Waals surface area contributed by atoms with Crippen molar-refractivity contribution in [1.82, 2.24) is 0 Å². The van der Waals surface area contributed by atoms with Crippen LogP contribution in [0.25, 0.3) is 20.2 Å². The molecule has 0 aliphatic rings. The molecule has 3 rings (SSSR count). The van der Waals surface area contributed by atoms with Crippen LogP contribution >= 0.6 is 33.9 Å². The van der Waals surface area contributed by atoms with E-state index in [4.69, 9.17) is 4.74 Å². The van der Waals surface area contributed by atoms with Gasteiger partial charge in [-0.25, -0.2) is 0 Å². The first-order valence-electron chi connectivity index (χ1n) is 5.78. The summed E-state index contributed by atoms with van der Waals surface area (Å²) >= 11 is 4.25. The maximum Gasteiger partial charge on any atom is 0.133 e. The first kappa shape index (κ1) is 12.2. The van der Waals surface area contributed by atoms with E-state index < -0.39 is 0 Å². The van der Waals surface area contributed by atoms with E-state index in [9.17, 15) is 0 Å². The lowest BCUT2D eigenvalue weighted by Gasteiger charge is -2.03. The molecule has 0 unspecified atom stereocenters. The van der Waals surface area contributed by atoms with Gasteiger partial charge in [0.25, 0.3) is 0 Å². The van der Waals surface area contributed by atoms with E-state index in [0.29, 0.717) is 0 Å². The molecule has 2 aromatic carbocycles. The average Bonchev–Trinajstić information content (AvgIpc) is 2.75. The van der Waals surface area contributed by atoms with Crippen LogP contribution in [0.2, 0.25) is 0 Å². The number of hydrogen-bond acceptors (Lipinski definition) is 2. The van der Waals surface area contributed by atoms with Gasteiger partial charge in [0.05, 0.1) is 15.4 Å². The van der Waals surface area contributed by atoms with Gasteiger partial charge in [-0.3, -0.25) is 0 Å². The number of benzene rings is 2. The molecule has 0 saturated carbocycles. The Labute approximate surface area is 124 Å². The Morgan fingerprint density at radius 2 is 1.67 bits per heavy atom. The van der Waals surface area contributed by atoms with Crippen molar-refractivity contribution < 1.29 is 4.74 Å². The summed E-state index contributed by atoms with van der Waals surface area (Å²) in [6.07, 6.45) is 0. The standard InChI is InChI=1S/C15H13IOS/c1-8-4-5-10-11-6-7-12(17-3)13(16)15(11)18-14(10)9(8)2/h4-7H,1-3H3. The van der Waals surface area contributed by atoms with Crippen molar-refractivity contribution in [2.75, 3.05) is 7.11 Å². The molecule has 3 heteroatoms. The lowest BCUT2D eigenvalue weighted by atomic mass is 10.1. The molecule has 1 heterocycles. The molecular weight excluding hydrogens is 355 g/mol. The molecular formula is C15H13IOS. The minimum Gasteiger partial charge on any atom is -0.496 e. The van der Waals surface area contributed by atoms with Crippen molar-refractivity contribution >= 4 is 54.1 Å². The van der Waals surface area contributed by atoms with Gasteiger partial charge in [-0.05, 0) is 59.7 Å². The number of thiophene rings is 1. The predicted octanol–water partition coefficient (Wildman–Crippen LogP) is 5.28. The van der Waals surface area contributed by atoms with E-state index in [1.807, 2.05) is 11.3 Å². The molecule has 0 aliphatic carbocycles. The van der Waals surface area contributed by atoms with Crippen LogP contribution in [0.5, 0.6) is 5.75 Å². The summed E-state index contributed by atoms with van der Waals surface area (Å²) in [5.74, 6) is 0.962. The van der Waals surface area contributed by atoms with Gasteiger partial charge in [-0.2, -0.15) is 0 Å². The molecule has 0 bridgehead atoms. The number of fused-ring (bicyclic) bond motifs is 3. The van der Waals surface area contributed by atoms with Crippen molar-refractivity contribution in [2.24, 2.45) is 0 Å². The number of methoxy groups -OCH3 is 1. The molecule has 18 heavy (non-hydrogen) atoms. The zero-order valence-electron chi connectivity index (χ0n) is 10.5. The lowest BCUT2D eigenvalue weighted by molar-refractivity contribution is 0.412. The highest BCUT2D eigenvalue weighted by atomic mass is 127. The minimum absolute atomic E-state index is 0.962. The quantitative estimate of drug-likeness (QED) is 0.531. The number of hydrogen-bond donors (Lipinski definition) is 0. The third-order valence-electron chi connectivity index (χ3n) is 3.45. The van der Waals surface area contributed by atoms with Crippen LogP contribution < -0.4 is 4.74 Å². The highest BCUT2D eigenvalue weighted by molar-refractivity contribution is 14.1. The van der Waals surface area contributed by atoms with E-state index in [2.05, 4.69) is 60.7 Å². The molecule has 0 radical (unpaired) electrons. The Kier molecular flexibility index (Phi) is 2.98. The van der Waals surface area contributed by atoms with Gasteiger partial charge in [0.1, 0.15) is 5.75 Å². The Morgan fingerprint density at radius 1 is 1.00 bits per heavy atom. The summed E-state index contributed by atoms with van der Waals surface area (Å²) < 4.78 is 9.35. The van der Waals surface area contributed by atoms with Crippen LogP contribution in [-0.2, 0) is 0 Å².